The van der Waals surface area contributed by atoms with Gasteiger partial charge in [-0.3, -0.25) is 4.79 Å². The van der Waals surface area contributed by atoms with Crippen molar-refractivity contribution in [2.75, 3.05) is 5.32 Å². The van der Waals surface area contributed by atoms with Crippen LogP contribution in [-0.2, 0) is 21.4 Å². The fourth-order valence-electron chi connectivity index (χ4n) is 3.75. The molecule has 9 heteroatoms. The van der Waals surface area contributed by atoms with Crippen molar-refractivity contribution in [2.45, 2.75) is 37.8 Å². The third-order valence-electron chi connectivity index (χ3n) is 5.16. The highest BCUT2D eigenvalue weighted by atomic mass is 32.2. The summed E-state index contributed by atoms with van der Waals surface area (Å²) in [5.74, 6) is -0.237. The van der Waals surface area contributed by atoms with Crippen molar-refractivity contribution in [2.24, 2.45) is 0 Å². The lowest BCUT2D eigenvalue weighted by Gasteiger charge is -2.21. The van der Waals surface area contributed by atoms with Crippen LogP contribution < -0.4 is 10.0 Å². The van der Waals surface area contributed by atoms with Gasteiger partial charge < -0.3 is 9.88 Å². The van der Waals surface area contributed by atoms with Crippen molar-refractivity contribution in [1.82, 2.24) is 14.3 Å². The molecule has 0 atom stereocenters. The van der Waals surface area contributed by atoms with E-state index < -0.39 is 15.6 Å². The minimum absolute atomic E-state index is 0.0592. The second-order valence-corrected chi connectivity index (χ2v) is 10.8. The molecule has 0 aliphatic heterocycles. The van der Waals surface area contributed by atoms with Crippen molar-refractivity contribution < 1.29 is 13.2 Å². The lowest BCUT2D eigenvalue weighted by Crippen LogP contribution is -2.40. The van der Waals surface area contributed by atoms with Crippen molar-refractivity contribution in [1.29, 1.82) is 5.26 Å². The van der Waals surface area contributed by atoms with E-state index in [4.69, 9.17) is 5.26 Å². The molecule has 8 nitrogen and oxygen atoms in total. The maximum atomic E-state index is 12.9. The van der Waals surface area contributed by atoms with Crippen LogP contribution in [0.1, 0.15) is 26.3 Å². The SMILES string of the molecule is CC(C)(C)NS(=O)(=O)c1ccccc1-c1ccc(NC(=O)Cn2cnc3cc(C#N)ccc32)cc1. The molecule has 4 aromatic rings. The number of rotatable bonds is 6. The van der Waals surface area contributed by atoms with E-state index in [9.17, 15) is 13.2 Å². The smallest absolute Gasteiger partial charge is 0.244 e. The summed E-state index contributed by atoms with van der Waals surface area (Å²) in [5.41, 5.74) is 3.18. The van der Waals surface area contributed by atoms with Crippen LogP contribution in [0.15, 0.2) is 78.0 Å². The Morgan fingerprint density at radius 3 is 2.46 bits per heavy atom. The monoisotopic (exact) mass is 487 g/mol. The summed E-state index contributed by atoms with van der Waals surface area (Å²) in [7, 11) is -3.72. The number of amides is 1. The van der Waals surface area contributed by atoms with Gasteiger partial charge in [0.2, 0.25) is 15.9 Å². The molecule has 178 valence electrons. The molecule has 0 aliphatic carbocycles. The summed E-state index contributed by atoms with van der Waals surface area (Å²) in [5, 5.41) is 11.9. The molecule has 2 N–H and O–H groups in total. The molecule has 0 saturated heterocycles. The molecule has 0 fully saturated rings. The van der Waals surface area contributed by atoms with Crippen LogP contribution in [0.4, 0.5) is 5.69 Å². The van der Waals surface area contributed by atoms with E-state index in [1.807, 2.05) is 0 Å². The molecule has 4 rings (SSSR count). The Kier molecular flexibility index (Phi) is 6.43. The first-order chi connectivity index (χ1) is 16.6. The van der Waals surface area contributed by atoms with Crippen molar-refractivity contribution in [3.63, 3.8) is 0 Å². The molecular weight excluding hydrogens is 462 g/mol. The Bertz CT molecular complexity index is 1540. The van der Waals surface area contributed by atoms with Gasteiger partial charge in [0, 0.05) is 16.8 Å². The molecule has 1 aromatic heterocycles. The largest absolute Gasteiger partial charge is 0.325 e. The topological polar surface area (TPSA) is 117 Å². The van der Waals surface area contributed by atoms with Crippen molar-refractivity contribution in [3.05, 3.63) is 78.6 Å². The number of fused-ring (bicyclic) bond motifs is 1. The first kappa shape index (κ1) is 24.1. The number of nitriles is 1. The number of imidazole rings is 1. The average Bonchev–Trinajstić information content (AvgIpc) is 3.19. The lowest BCUT2D eigenvalue weighted by molar-refractivity contribution is -0.116. The van der Waals surface area contributed by atoms with E-state index in [0.29, 0.717) is 27.9 Å². The fraction of sp³-hybridized carbons (Fsp3) is 0.192. The third-order valence-corrected chi connectivity index (χ3v) is 6.98. The van der Waals surface area contributed by atoms with Crippen LogP contribution in [0, 0.1) is 11.3 Å². The summed E-state index contributed by atoms with van der Waals surface area (Å²) in [6.45, 7) is 5.44. The number of anilines is 1. The van der Waals surface area contributed by atoms with Gasteiger partial charge >= 0.3 is 0 Å². The van der Waals surface area contributed by atoms with Crippen LogP contribution in [0.2, 0.25) is 0 Å². The van der Waals surface area contributed by atoms with E-state index in [-0.39, 0.29) is 17.3 Å². The molecule has 1 heterocycles. The van der Waals surface area contributed by atoms with Crippen molar-refractivity contribution >= 4 is 32.7 Å². The minimum atomic E-state index is -3.72. The summed E-state index contributed by atoms with van der Waals surface area (Å²) in [4.78, 5) is 17.1. The molecule has 0 saturated carbocycles. The first-order valence-electron chi connectivity index (χ1n) is 10.9. The van der Waals surface area contributed by atoms with Crippen LogP contribution >= 0.6 is 0 Å². The standard InChI is InChI=1S/C26H25N5O3S/c1-26(2,3)30-35(33,34)24-7-5-4-6-21(24)19-9-11-20(12-10-19)29-25(32)16-31-17-28-22-14-18(15-27)8-13-23(22)31/h4-14,17,30H,16H2,1-3H3,(H,29,32). The van der Waals surface area contributed by atoms with Crippen molar-refractivity contribution in [3.8, 4) is 17.2 Å². The molecule has 35 heavy (non-hydrogen) atoms. The summed E-state index contributed by atoms with van der Waals surface area (Å²) >= 11 is 0. The van der Waals surface area contributed by atoms with Crippen LogP contribution in [0.5, 0.6) is 0 Å². The van der Waals surface area contributed by atoms with Gasteiger partial charge in [-0.15, -0.1) is 0 Å². The Hall–Kier alpha value is -4.00. The van der Waals surface area contributed by atoms with Gasteiger partial charge in [0.15, 0.2) is 0 Å². The van der Waals surface area contributed by atoms with E-state index in [0.717, 1.165) is 5.52 Å². The zero-order valence-electron chi connectivity index (χ0n) is 19.6. The van der Waals surface area contributed by atoms with Gasteiger partial charge in [-0.1, -0.05) is 30.3 Å². The van der Waals surface area contributed by atoms with Crippen LogP contribution in [0.25, 0.3) is 22.2 Å². The highest BCUT2D eigenvalue weighted by Crippen LogP contribution is 2.29. The van der Waals surface area contributed by atoms with Crippen LogP contribution in [-0.4, -0.2) is 29.4 Å². The number of benzene rings is 3. The Labute approximate surface area is 204 Å². The molecular formula is C26H25N5O3S. The zero-order valence-corrected chi connectivity index (χ0v) is 20.4. The van der Waals surface area contributed by atoms with Gasteiger partial charge in [0.05, 0.1) is 33.9 Å². The van der Waals surface area contributed by atoms with E-state index in [1.54, 1.807) is 98.4 Å². The Balaban J connectivity index is 1.51. The number of hydrogen-bond donors (Lipinski definition) is 2. The highest BCUT2D eigenvalue weighted by Gasteiger charge is 2.24. The third kappa shape index (κ3) is 5.57. The maximum absolute atomic E-state index is 12.9. The molecule has 0 aliphatic rings. The average molecular weight is 488 g/mol. The number of hydrogen-bond acceptors (Lipinski definition) is 5. The maximum Gasteiger partial charge on any atom is 0.244 e. The Morgan fingerprint density at radius 1 is 1.06 bits per heavy atom. The second-order valence-electron chi connectivity index (χ2n) is 9.16. The number of aromatic nitrogens is 2. The summed E-state index contributed by atoms with van der Waals surface area (Å²) < 4.78 is 30.3. The van der Waals surface area contributed by atoms with Gasteiger partial charge in [-0.2, -0.15) is 5.26 Å². The van der Waals surface area contributed by atoms with E-state index >= 15 is 0 Å². The highest BCUT2D eigenvalue weighted by molar-refractivity contribution is 7.89. The van der Waals surface area contributed by atoms with Gasteiger partial charge in [-0.25, -0.2) is 18.1 Å². The lowest BCUT2D eigenvalue weighted by atomic mass is 10.1. The number of nitrogens with zero attached hydrogens (tertiary/aromatic N) is 3. The van der Waals surface area contributed by atoms with E-state index in [2.05, 4.69) is 21.1 Å². The number of nitrogens with one attached hydrogen (secondary N) is 2. The molecule has 0 radical (unpaired) electrons. The minimum Gasteiger partial charge on any atom is -0.325 e. The number of sulfonamides is 1. The molecule has 3 aromatic carbocycles. The molecule has 0 spiro atoms. The number of carbonyl (C=O) groups excluding carboxylic acids is 1. The molecule has 0 bridgehead atoms. The fourth-order valence-corrected chi connectivity index (χ4v) is 5.39. The van der Waals surface area contributed by atoms with Gasteiger partial charge in [0.1, 0.15) is 6.54 Å². The van der Waals surface area contributed by atoms with Gasteiger partial charge in [0.25, 0.3) is 0 Å². The van der Waals surface area contributed by atoms with Gasteiger partial charge in [-0.05, 0) is 62.7 Å². The quantitative estimate of drug-likeness (QED) is 0.421. The predicted octanol–water partition coefficient (Wildman–Crippen LogP) is 4.29. The normalized spacial score (nSPS) is 11.8. The first-order valence-corrected chi connectivity index (χ1v) is 12.4. The summed E-state index contributed by atoms with van der Waals surface area (Å²) in [6, 6.07) is 21.0. The predicted molar refractivity (Wildman–Crippen MR) is 135 cm³/mol. The zero-order chi connectivity index (χ0) is 25.2. The summed E-state index contributed by atoms with van der Waals surface area (Å²) in [6.07, 6.45) is 1.57. The molecule has 0 unspecified atom stereocenters. The Morgan fingerprint density at radius 2 is 1.77 bits per heavy atom. The number of carbonyl (C=O) groups is 1. The van der Waals surface area contributed by atoms with Crippen LogP contribution in [0.3, 0.4) is 0 Å². The second kappa shape index (κ2) is 9.33. The molecule has 1 amide bonds. The van der Waals surface area contributed by atoms with E-state index in [1.165, 1.54) is 0 Å².